The summed E-state index contributed by atoms with van der Waals surface area (Å²) in [6.45, 7) is 0.147. The summed E-state index contributed by atoms with van der Waals surface area (Å²) in [7, 11) is 0. The minimum Gasteiger partial charge on any atom is -0.550 e. The maximum atomic E-state index is 12.5. The molecule has 0 unspecified atom stereocenters. The van der Waals surface area contributed by atoms with Crippen LogP contribution >= 0.6 is 0 Å². The van der Waals surface area contributed by atoms with Crippen molar-refractivity contribution >= 4 is 23.5 Å². The Bertz CT molecular complexity index is 786. The van der Waals surface area contributed by atoms with Gasteiger partial charge in [-0.05, 0) is 37.1 Å². The summed E-state index contributed by atoms with van der Waals surface area (Å²) in [6, 6.07) is 13.3. The summed E-state index contributed by atoms with van der Waals surface area (Å²) >= 11 is 0. The third-order valence-electron chi connectivity index (χ3n) is 3.68. The number of fused-ring (bicyclic) bond motifs is 1. The number of rotatable bonds is 6. The van der Waals surface area contributed by atoms with Crippen LogP contribution in [0.15, 0.2) is 48.5 Å². The van der Waals surface area contributed by atoms with E-state index in [2.05, 4.69) is 0 Å². The molecular weight excluding hydrogens is 349 g/mol. The third kappa shape index (κ3) is 4.19. The smallest absolute Gasteiger partial charge is 0.550 e. The quantitative estimate of drug-likeness (QED) is 0.351. The Kier molecular flexibility index (Phi) is 6.92. The van der Waals surface area contributed by atoms with Crippen LogP contribution in [0.1, 0.15) is 33.6 Å². The summed E-state index contributed by atoms with van der Waals surface area (Å²) in [4.78, 5) is 36.6. The van der Waals surface area contributed by atoms with Gasteiger partial charge in [-0.3, -0.25) is 9.59 Å². The van der Waals surface area contributed by atoms with Crippen molar-refractivity contribution in [2.75, 3.05) is 11.5 Å². The van der Waals surface area contributed by atoms with E-state index in [1.807, 2.05) is 0 Å². The van der Waals surface area contributed by atoms with Gasteiger partial charge in [0.15, 0.2) is 0 Å². The first kappa shape index (κ1) is 19.8. The van der Waals surface area contributed by atoms with Crippen LogP contribution in [0.4, 0.5) is 5.69 Å². The Labute approximate surface area is 187 Å². The monoisotopic (exact) mass is 363 g/mol. The molecule has 7 heteroatoms. The Hall–Kier alpha value is -1.51. The minimum absolute atomic E-state index is 0. The van der Waals surface area contributed by atoms with Crippen molar-refractivity contribution in [3.05, 3.63) is 59.7 Å². The maximum Gasteiger partial charge on any atom is 1.00 e. The number of hydrogen-bond donors (Lipinski definition) is 0. The zero-order valence-electron chi connectivity index (χ0n) is 13.7. The number of carbonyl (C=O) groups excluding carboxylic acids is 3. The van der Waals surface area contributed by atoms with Gasteiger partial charge in [-0.2, -0.15) is 0 Å². The summed E-state index contributed by atoms with van der Waals surface area (Å²) in [6.07, 6.45) is 0.161. The molecule has 1 aliphatic heterocycles. The van der Waals surface area contributed by atoms with Gasteiger partial charge in [0.2, 0.25) is 0 Å². The molecule has 3 rings (SSSR count). The van der Waals surface area contributed by atoms with Crippen LogP contribution in [0, 0.1) is 0 Å². The first-order chi connectivity index (χ1) is 11.6. The summed E-state index contributed by atoms with van der Waals surface area (Å²) in [5, 5.41) is 10.4. The molecule has 1 aliphatic rings. The van der Waals surface area contributed by atoms with Crippen LogP contribution in [-0.4, -0.2) is 24.4 Å². The molecule has 2 aromatic rings. The van der Waals surface area contributed by atoms with Crippen molar-refractivity contribution in [1.29, 1.82) is 0 Å². The van der Waals surface area contributed by atoms with E-state index in [1.54, 1.807) is 48.5 Å². The number of anilines is 1. The predicted octanol–water partition coefficient (Wildman–Crippen LogP) is -1.60. The summed E-state index contributed by atoms with van der Waals surface area (Å²) in [5.74, 6) is -1.60. The number of amides is 2. The van der Waals surface area contributed by atoms with Crippen LogP contribution < -0.4 is 66.1 Å². The van der Waals surface area contributed by atoms with Crippen molar-refractivity contribution < 1.29 is 75.6 Å². The average molecular weight is 363 g/mol. The number of imide groups is 1. The van der Waals surface area contributed by atoms with Crippen LogP contribution in [0.2, 0.25) is 0 Å². The average Bonchev–Trinajstić information content (AvgIpc) is 2.84. The number of nitrogens with zero attached hydrogens (tertiary/aromatic N) is 1. The topological polar surface area (TPSA) is 86.7 Å². The molecule has 25 heavy (non-hydrogen) atoms. The zero-order chi connectivity index (χ0) is 17.1. The summed E-state index contributed by atoms with van der Waals surface area (Å²) < 4.78 is 5.56. The van der Waals surface area contributed by atoms with Gasteiger partial charge in [0.1, 0.15) is 5.75 Å². The number of carboxylic acids is 1. The molecule has 6 nitrogen and oxygen atoms in total. The zero-order valence-corrected chi connectivity index (χ0v) is 16.9. The Morgan fingerprint density at radius 2 is 1.52 bits per heavy atom. The van der Waals surface area contributed by atoms with Crippen LogP contribution in [0.25, 0.3) is 0 Å². The molecule has 0 spiro atoms. The van der Waals surface area contributed by atoms with Crippen molar-refractivity contribution in [2.24, 2.45) is 0 Å². The van der Waals surface area contributed by atoms with E-state index >= 15 is 0 Å². The fraction of sp³-hybridized carbons (Fsp3) is 0.167. The minimum atomic E-state index is -1.15. The summed E-state index contributed by atoms with van der Waals surface area (Å²) in [5.41, 5.74) is 1.06. The van der Waals surface area contributed by atoms with Crippen molar-refractivity contribution in [3.8, 4) is 5.75 Å². The maximum absolute atomic E-state index is 12.5. The largest absolute Gasteiger partial charge is 1.00 e. The van der Waals surface area contributed by atoms with Crippen LogP contribution in [0.3, 0.4) is 0 Å². The molecule has 0 fully saturated rings. The number of ether oxygens (including phenoxy) is 1. The molecule has 0 bridgehead atoms. The molecular formula is C18H14KNO5. The number of aliphatic carboxylic acids is 1. The van der Waals surface area contributed by atoms with Crippen molar-refractivity contribution in [3.63, 3.8) is 0 Å². The molecule has 0 aliphatic carbocycles. The van der Waals surface area contributed by atoms with E-state index < -0.39 is 17.8 Å². The first-order valence-corrected chi connectivity index (χ1v) is 7.49. The van der Waals surface area contributed by atoms with Gasteiger partial charge in [0.25, 0.3) is 11.8 Å². The number of para-hydroxylation sites is 2. The predicted molar refractivity (Wildman–Crippen MR) is 83.8 cm³/mol. The SMILES string of the molecule is O=C([O-])CCCOc1ccccc1N1C(=O)c2ccccc2C1=O.[K+]. The second-order valence-corrected chi connectivity index (χ2v) is 5.28. The molecule has 2 amide bonds. The number of carboxylic acid groups (broad SMARTS) is 1. The van der Waals surface area contributed by atoms with Crippen molar-refractivity contribution in [1.82, 2.24) is 0 Å². The molecule has 0 radical (unpaired) electrons. The molecule has 0 saturated heterocycles. The number of carbonyl (C=O) groups is 3. The van der Waals surface area contributed by atoms with Gasteiger partial charge < -0.3 is 14.6 Å². The fourth-order valence-corrected chi connectivity index (χ4v) is 2.57. The molecule has 0 N–H and O–H groups in total. The van der Waals surface area contributed by atoms with E-state index in [0.29, 0.717) is 22.6 Å². The van der Waals surface area contributed by atoms with Crippen molar-refractivity contribution in [2.45, 2.75) is 12.8 Å². The van der Waals surface area contributed by atoms with E-state index in [9.17, 15) is 19.5 Å². The molecule has 0 atom stereocenters. The van der Waals surface area contributed by atoms with Gasteiger partial charge in [-0.25, -0.2) is 4.90 Å². The first-order valence-electron chi connectivity index (χ1n) is 7.49. The fourth-order valence-electron chi connectivity index (χ4n) is 2.57. The molecule has 0 aromatic heterocycles. The molecule has 1 heterocycles. The van der Waals surface area contributed by atoms with E-state index in [0.717, 1.165) is 4.90 Å². The molecule has 122 valence electrons. The molecule has 0 saturated carbocycles. The van der Waals surface area contributed by atoms with E-state index in [-0.39, 0.29) is 70.8 Å². The molecule has 2 aromatic carbocycles. The van der Waals surface area contributed by atoms with Gasteiger partial charge in [-0.1, -0.05) is 24.3 Å². The third-order valence-corrected chi connectivity index (χ3v) is 3.68. The van der Waals surface area contributed by atoms with E-state index in [1.165, 1.54) is 0 Å². The Morgan fingerprint density at radius 1 is 0.960 bits per heavy atom. The standard InChI is InChI=1S/C18H15NO5.K/c20-16(21)10-5-11-24-15-9-4-3-8-14(15)19-17(22)12-6-1-2-7-13(12)18(19)23;/h1-4,6-9H,5,10-11H2,(H,20,21);/q;+1/p-1. The Balaban J connectivity index is 0.00000225. The van der Waals surface area contributed by atoms with E-state index in [4.69, 9.17) is 4.74 Å². The van der Waals surface area contributed by atoms with Gasteiger partial charge in [-0.15, -0.1) is 0 Å². The van der Waals surface area contributed by atoms with Gasteiger partial charge in [0, 0.05) is 5.97 Å². The second-order valence-electron chi connectivity index (χ2n) is 5.28. The van der Waals surface area contributed by atoms with Crippen LogP contribution in [-0.2, 0) is 4.79 Å². The second kappa shape index (κ2) is 8.73. The van der Waals surface area contributed by atoms with Gasteiger partial charge in [0.05, 0.1) is 23.4 Å². The van der Waals surface area contributed by atoms with Crippen LogP contribution in [0.5, 0.6) is 5.75 Å². The van der Waals surface area contributed by atoms with Gasteiger partial charge >= 0.3 is 51.4 Å². The Morgan fingerprint density at radius 3 is 2.12 bits per heavy atom. The number of benzene rings is 2. The normalized spacial score (nSPS) is 12.6. The number of hydrogen-bond acceptors (Lipinski definition) is 5.